The van der Waals surface area contributed by atoms with Crippen LogP contribution in [0, 0.1) is 0 Å². The van der Waals surface area contributed by atoms with E-state index in [1.165, 1.54) is 10.3 Å². The lowest BCUT2D eigenvalue weighted by Gasteiger charge is -2.02. The largest absolute Gasteiger partial charge is 0.241 e. The fourth-order valence-electron chi connectivity index (χ4n) is 2.11. The Balaban J connectivity index is 0.000000187. The first-order valence-corrected chi connectivity index (χ1v) is 16.7. The van der Waals surface area contributed by atoms with Gasteiger partial charge in [-0.25, -0.2) is 4.98 Å². The zero-order valence-corrected chi connectivity index (χ0v) is 22.0. The van der Waals surface area contributed by atoms with Gasteiger partial charge >= 0.3 is 0 Å². The number of benzene rings is 2. The van der Waals surface area contributed by atoms with Gasteiger partial charge < -0.3 is 0 Å². The van der Waals surface area contributed by atoms with Gasteiger partial charge in [-0.2, -0.15) is 0 Å². The molecular weight excluding hydrogens is 507 g/mol. The summed E-state index contributed by atoms with van der Waals surface area (Å²) in [4.78, 5) is 5.88. The Bertz CT molecular complexity index is 1030. The Hall–Kier alpha value is -0.490. The molecule has 0 fully saturated rings. The van der Waals surface area contributed by atoms with Gasteiger partial charge in [-0.3, -0.25) is 0 Å². The topological polar surface area (TPSA) is 38.7 Å². The summed E-state index contributed by atoms with van der Waals surface area (Å²) in [6.45, 7) is 2.14. The smallest absolute Gasteiger partial charge is 0.185 e. The molecule has 0 saturated carbocycles. The Kier molecular flexibility index (Phi) is 11.1. The number of pyridine rings is 1. The van der Waals surface area contributed by atoms with Crippen LogP contribution in [0.3, 0.4) is 0 Å². The predicted molar refractivity (Wildman–Crippen MR) is 143 cm³/mol. The minimum atomic E-state index is 1.04. The summed E-state index contributed by atoms with van der Waals surface area (Å²) in [5.41, 5.74) is 1.05. The zero-order valence-electron chi connectivity index (χ0n) is 16.3. The molecule has 156 valence electrons. The van der Waals surface area contributed by atoms with Crippen LogP contribution in [0.15, 0.2) is 85.3 Å². The summed E-state index contributed by atoms with van der Waals surface area (Å²) in [5.74, 6) is 1.11. The molecule has 0 aliphatic carbocycles. The summed E-state index contributed by atoms with van der Waals surface area (Å²) in [7, 11) is 10.3. The van der Waals surface area contributed by atoms with Crippen molar-refractivity contribution in [2.75, 3.05) is 12.0 Å². The number of hydrogen-bond acceptors (Lipinski definition) is 10. The van der Waals surface area contributed by atoms with Gasteiger partial charge in [0.2, 0.25) is 0 Å². The fraction of sp³-hybridized carbons (Fsp3) is 0.150. The van der Waals surface area contributed by atoms with E-state index in [0.29, 0.717) is 0 Å². The molecule has 0 unspecified atom stereocenters. The molecule has 2 aromatic heterocycles. The number of para-hydroxylation sites is 1. The Morgan fingerprint density at radius 3 is 2.27 bits per heavy atom. The van der Waals surface area contributed by atoms with Crippen LogP contribution < -0.4 is 0 Å². The molecule has 0 bridgehead atoms. The second-order valence-electron chi connectivity index (χ2n) is 5.40. The van der Waals surface area contributed by atoms with Gasteiger partial charge in [0.1, 0.15) is 5.03 Å². The van der Waals surface area contributed by atoms with Crippen molar-refractivity contribution in [3.05, 3.63) is 66.7 Å². The van der Waals surface area contributed by atoms with Crippen LogP contribution in [-0.4, -0.2) is 27.2 Å². The third-order valence-corrected chi connectivity index (χ3v) is 11.2. The van der Waals surface area contributed by atoms with E-state index in [4.69, 9.17) is 0 Å². The molecule has 0 N–H and O–H groups in total. The minimum absolute atomic E-state index is 1.04. The maximum Gasteiger partial charge on any atom is 0.185 e. The summed E-state index contributed by atoms with van der Waals surface area (Å²) in [6, 6.07) is 22.7. The molecule has 0 aliphatic rings. The lowest BCUT2D eigenvalue weighted by atomic mass is 10.2. The van der Waals surface area contributed by atoms with Crippen molar-refractivity contribution in [3.8, 4) is 0 Å². The normalized spacial score (nSPS) is 10.6. The molecule has 2 aromatic carbocycles. The highest BCUT2D eigenvalue weighted by Gasteiger charge is 2.04. The van der Waals surface area contributed by atoms with Gasteiger partial charge in [-0.05, 0) is 62.9 Å². The van der Waals surface area contributed by atoms with Crippen molar-refractivity contribution >= 4 is 87.0 Å². The first kappa shape index (κ1) is 24.2. The third-order valence-electron chi connectivity index (χ3n) is 3.33. The summed E-state index contributed by atoms with van der Waals surface area (Å²) < 4.78 is 2.10. The maximum atomic E-state index is 4.63. The Morgan fingerprint density at radius 2 is 1.50 bits per heavy atom. The second kappa shape index (κ2) is 13.8. The highest BCUT2D eigenvalue weighted by Crippen LogP contribution is 2.38. The molecular formula is C20H19N3S7. The van der Waals surface area contributed by atoms with Gasteiger partial charge in [0.25, 0.3) is 0 Å². The van der Waals surface area contributed by atoms with Crippen molar-refractivity contribution < 1.29 is 0 Å². The standard InChI is InChI=1S/C15H11NS2.C5H8N2S5/c1-2-7-13(8-3-1)17-18-15-11-10-12-6-4-5-9-14(12)16-15;1-3-9-12-5-7-6-4(10-5)11-8-2/h1-11H;3H2,1-2H3. The van der Waals surface area contributed by atoms with Crippen LogP contribution in [0.2, 0.25) is 0 Å². The van der Waals surface area contributed by atoms with Crippen molar-refractivity contribution in [2.24, 2.45) is 0 Å². The van der Waals surface area contributed by atoms with E-state index in [9.17, 15) is 0 Å². The first-order chi connectivity index (χ1) is 14.8. The van der Waals surface area contributed by atoms with Crippen LogP contribution in [0.25, 0.3) is 10.9 Å². The van der Waals surface area contributed by atoms with Crippen molar-refractivity contribution in [2.45, 2.75) is 25.5 Å². The monoisotopic (exact) mass is 525 g/mol. The summed E-state index contributed by atoms with van der Waals surface area (Å²) in [5, 5.41) is 10.3. The van der Waals surface area contributed by atoms with E-state index in [1.807, 2.05) is 30.5 Å². The highest BCUT2D eigenvalue weighted by atomic mass is 33.1. The summed E-state index contributed by atoms with van der Waals surface area (Å²) in [6.07, 6.45) is 2.04. The van der Waals surface area contributed by atoms with Crippen LogP contribution in [0.5, 0.6) is 0 Å². The van der Waals surface area contributed by atoms with Crippen LogP contribution in [0.4, 0.5) is 0 Å². The molecule has 0 radical (unpaired) electrons. The Labute approximate surface area is 205 Å². The molecule has 0 aliphatic heterocycles. The van der Waals surface area contributed by atoms with Crippen LogP contribution in [-0.2, 0) is 0 Å². The van der Waals surface area contributed by atoms with Crippen LogP contribution in [0.1, 0.15) is 6.92 Å². The quantitative estimate of drug-likeness (QED) is 0.210. The van der Waals surface area contributed by atoms with Gasteiger partial charge in [-0.1, -0.05) is 93.1 Å². The number of nitrogens with zero attached hydrogens (tertiary/aromatic N) is 3. The fourth-order valence-corrected chi connectivity index (χ4v) is 8.64. The second-order valence-corrected chi connectivity index (χ2v) is 14.1. The predicted octanol–water partition coefficient (Wildman–Crippen LogP) is 8.70. The highest BCUT2D eigenvalue weighted by molar-refractivity contribution is 8.77. The van der Waals surface area contributed by atoms with E-state index >= 15 is 0 Å². The molecule has 0 saturated heterocycles. The van der Waals surface area contributed by atoms with E-state index in [0.717, 1.165) is 25.0 Å². The average molecular weight is 526 g/mol. The van der Waals surface area contributed by atoms with Crippen molar-refractivity contribution in [1.29, 1.82) is 0 Å². The lowest BCUT2D eigenvalue weighted by molar-refractivity contribution is 0.959. The van der Waals surface area contributed by atoms with E-state index in [1.54, 1.807) is 76.1 Å². The lowest BCUT2D eigenvalue weighted by Crippen LogP contribution is -1.80. The summed E-state index contributed by atoms with van der Waals surface area (Å²) >= 11 is 1.66. The van der Waals surface area contributed by atoms with E-state index in [2.05, 4.69) is 64.6 Å². The SMILES string of the molecule is CCSSc1nnc(SSC)s1.c1ccc(SSc2ccc3ccccc3n2)cc1. The number of fused-ring (bicyclic) bond motifs is 1. The third kappa shape index (κ3) is 8.22. The van der Waals surface area contributed by atoms with Gasteiger partial charge in [-0.15, -0.1) is 10.2 Å². The first-order valence-electron chi connectivity index (χ1n) is 8.87. The average Bonchev–Trinajstić information content (AvgIpc) is 3.25. The molecule has 4 aromatic rings. The molecule has 2 heterocycles. The Morgan fingerprint density at radius 1 is 0.767 bits per heavy atom. The molecule has 3 nitrogen and oxygen atoms in total. The van der Waals surface area contributed by atoms with Crippen LogP contribution >= 0.6 is 76.1 Å². The molecule has 10 heteroatoms. The number of hydrogen-bond donors (Lipinski definition) is 0. The maximum absolute atomic E-state index is 4.63. The molecule has 0 amide bonds. The molecule has 0 spiro atoms. The molecule has 0 atom stereocenters. The van der Waals surface area contributed by atoms with Gasteiger partial charge in [0, 0.05) is 16.0 Å². The number of rotatable bonds is 8. The van der Waals surface area contributed by atoms with Crippen molar-refractivity contribution in [1.82, 2.24) is 15.2 Å². The zero-order chi connectivity index (χ0) is 21.0. The van der Waals surface area contributed by atoms with Crippen molar-refractivity contribution in [3.63, 3.8) is 0 Å². The van der Waals surface area contributed by atoms with E-state index < -0.39 is 0 Å². The van der Waals surface area contributed by atoms with E-state index in [-0.39, 0.29) is 0 Å². The number of aromatic nitrogens is 3. The van der Waals surface area contributed by atoms with Gasteiger partial charge in [0.05, 0.1) is 5.52 Å². The minimum Gasteiger partial charge on any atom is -0.241 e. The molecule has 30 heavy (non-hydrogen) atoms. The molecule has 4 rings (SSSR count). The van der Waals surface area contributed by atoms with Gasteiger partial charge in [0.15, 0.2) is 8.68 Å².